The standard InChI is InChI=1S/C27H35NO/c1-6-9-11-23-14-15-24(21(5)18-29-19-25(28)8-3)17-27(23)26-16-22(10-7-2)13-12-20(26)4/h12-17,21,28H,6,8-9,11,18-19H2,1-5H3. The fourth-order valence-corrected chi connectivity index (χ4v) is 3.43. The second-order valence-corrected chi connectivity index (χ2v) is 7.80. The number of nitrogens with one attached hydrogen (secondary N) is 1. The van der Waals surface area contributed by atoms with E-state index in [1.807, 2.05) is 13.8 Å². The summed E-state index contributed by atoms with van der Waals surface area (Å²) in [5.41, 5.74) is 8.28. The maximum atomic E-state index is 7.77. The molecule has 0 aliphatic heterocycles. The number of benzene rings is 2. The molecule has 0 saturated carbocycles. The zero-order valence-corrected chi connectivity index (χ0v) is 18.7. The van der Waals surface area contributed by atoms with Crippen LogP contribution < -0.4 is 0 Å². The van der Waals surface area contributed by atoms with Crippen LogP contribution in [0, 0.1) is 24.2 Å². The van der Waals surface area contributed by atoms with Crippen molar-refractivity contribution in [2.45, 2.75) is 66.2 Å². The average Bonchev–Trinajstić information content (AvgIpc) is 2.73. The van der Waals surface area contributed by atoms with Crippen molar-refractivity contribution in [1.29, 1.82) is 5.41 Å². The summed E-state index contributed by atoms with van der Waals surface area (Å²) >= 11 is 0. The van der Waals surface area contributed by atoms with Crippen molar-refractivity contribution in [2.24, 2.45) is 0 Å². The van der Waals surface area contributed by atoms with E-state index in [1.165, 1.54) is 40.7 Å². The molecule has 1 N–H and O–H groups in total. The Hall–Kier alpha value is -2.37. The van der Waals surface area contributed by atoms with E-state index < -0.39 is 0 Å². The van der Waals surface area contributed by atoms with Crippen LogP contribution in [0.4, 0.5) is 0 Å². The van der Waals surface area contributed by atoms with E-state index in [4.69, 9.17) is 10.1 Å². The van der Waals surface area contributed by atoms with Gasteiger partial charge in [-0.05, 0) is 73.1 Å². The Balaban J connectivity index is 2.37. The Kier molecular flexibility index (Phi) is 9.16. The first-order chi connectivity index (χ1) is 14.0. The zero-order chi connectivity index (χ0) is 21.2. The molecule has 2 nitrogen and oxygen atoms in total. The molecule has 154 valence electrons. The average molecular weight is 390 g/mol. The highest BCUT2D eigenvalue weighted by molar-refractivity contribution is 5.82. The van der Waals surface area contributed by atoms with E-state index in [-0.39, 0.29) is 5.92 Å². The molecule has 2 aromatic rings. The van der Waals surface area contributed by atoms with Crippen LogP contribution in [0.3, 0.4) is 0 Å². The lowest BCUT2D eigenvalue weighted by molar-refractivity contribution is 0.157. The first-order valence-electron chi connectivity index (χ1n) is 10.8. The molecule has 0 aliphatic carbocycles. The van der Waals surface area contributed by atoms with E-state index >= 15 is 0 Å². The summed E-state index contributed by atoms with van der Waals surface area (Å²) in [5, 5.41) is 7.77. The molecule has 2 heteroatoms. The van der Waals surface area contributed by atoms with E-state index in [9.17, 15) is 0 Å². The van der Waals surface area contributed by atoms with E-state index in [0.717, 1.165) is 18.4 Å². The van der Waals surface area contributed by atoms with Crippen LogP contribution in [-0.2, 0) is 11.2 Å². The lowest BCUT2D eigenvalue weighted by Crippen LogP contribution is -2.11. The van der Waals surface area contributed by atoms with E-state index in [0.29, 0.717) is 18.9 Å². The Morgan fingerprint density at radius 3 is 2.59 bits per heavy atom. The summed E-state index contributed by atoms with van der Waals surface area (Å²) in [4.78, 5) is 0. The van der Waals surface area contributed by atoms with Crippen LogP contribution in [0.5, 0.6) is 0 Å². The minimum absolute atomic E-state index is 0.289. The summed E-state index contributed by atoms with van der Waals surface area (Å²) in [6.07, 6.45) is 4.22. The fraction of sp³-hybridized carbons (Fsp3) is 0.444. The summed E-state index contributed by atoms with van der Waals surface area (Å²) in [5.74, 6) is 6.50. The van der Waals surface area contributed by atoms with Crippen molar-refractivity contribution in [3.05, 3.63) is 58.7 Å². The van der Waals surface area contributed by atoms with Gasteiger partial charge in [0.25, 0.3) is 0 Å². The summed E-state index contributed by atoms with van der Waals surface area (Å²) in [7, 11) is 0. The van der Waals surface area contributed by atoms with Crippen molar-refractivity contribution in [1.82, 2.24) is 0 Å². The molecule has 1 atom stereocenters. The number of unbranched alkanes of at least 4 members (excludes halogenated alkanes) is 1. The topological polar surface area (TPSA) is 33.1 Å². The van der Waals surface area contributed by atoms with Crippen LogP contribution in [-0.4, -0.2) is 18.9 Å². The zero-order valence-electron chi connectivity index (χ0n) is 18.7. The molecule has 0 fully saturated rings. The number of ether oxygens (including phenoxy) is 1. The van der Waals surface area contributed by atoms with E-state index in [2.05, 4.69) is 69.0 Å². The van der Waals surface area contributed by atoms with Gasteiger partial charge >= 0.3 is 0 Å². The maximum absolute atomic E-state index is 7.77. The van der Waals surface area contributed by atoms with Crippen LogP contribution in [0.1, 0.15) is 75.1 Å². The SMILES string of the molecule is CC#Cc1ccc(C)c(-c2cc(C(C)COCC(=N)CC)ccc2CCCC)c1. The van der Waals surface area contributed by atoms with Gasteiger partial charge < -0.3 is 10.1 Å². The lowest BCUT2D eigenvalue weighted by Gasteiger charge is -2.18. The number of aryl methyl sites for hydroxylation is 2. The Morgan fingerprint density at radius 2 is 1.90 bits per heavy atom. The molecule has 0 radical (unpaired) electrons. The van der Waals surface area contributed by atoms with Crippen LogP contribution >= 0.6 is 0 Å². The minimum Gasteiger partial charge on any atom is -0.375 e. The monoisotopic (exact) mass is 389 g/mol. The number of hydrogen-bond acceptors (Lipinski definition) is 2. The van der Waals surface area contributed by atoms with Gasteiger partial charge in [0.05, 0.1) is 13.2 Å². The third-order valence-corrected chi connectivity index (χ3v) is 5.37. The predicted octanol–water partition coefficient (Wildman–Crippen LogP) is 6.93. The first-order valence-corrected chi connectivity index (χ1v) is 10.8. The Morgan fingerprint density at radius 1 is 1.10 bits per heavy atom. The predicted molar refractivity (Wildman–Crippen MR) is 125 cm³/mol. The fourth-order valence-electron chi connectivity index (χ4n) is 3.43. The van der Waals surface area contributed by atoms with Gasteiger partial charge in [0.1, 0.15) is 0 Å². The van der Waals surface area contributed by atoms with E-state index in [1.54, 1.807) is 0 Å². The molecule has 0 heterocycles. The highest BCUT2D eigenvalue weighted by Crippen LogP contribution is 2.32. The molecule has 0 spiro atoms. The van der Waals surface area contributed by atoms with Gasteiger partial charge in [-0.2, -0.15) is 0 Å². The van der Waals surface area contributed by atoms with Crippen LogP contribution in [0.25, 0.3) is 11.1 Å². The molecular formula is C27H35NO. The number of rotatable bonds is 10. The highest BCUT2D eigenvalue weighted by atomic mass is 16.5. The molecule has 0 aliphatic rings. The normalized spacial score (nSPS) is 11.6. The molecule has 0 bridgehead atoms. The second-order valence-electron chi connectivity index (χ2n) is 7.80. The van der Waals surface area contributed by atoms with Gasteiger partial charge in [-0.1, -0.05) is 57.4 Å². The summed E-state index contributed by atoms with van der Waals surface area (Å²) in [6, 6.07) is 13.4. The van der Waals surface area contributed by atoms with Crippen molar-refractivity contribution in [2.75, 3.05) is 13.2 Å². The van der Waals surface area contributed by atoms with Crippen molar-refractivity contribution >= 4 is 5.71 Å². The molecule has 1 unspecified atom stereocenters. The highest BCUT2D eigenvalue weighted by Gasteiger charge is 2.13. The third kappa shape index (κ3) is 6.58. The first kappa shape index (κ1) is 22.9. The molecule has 2 aromatic carbocycles. The number of hydrogen-bond donors (Lipinski definition) is 1. The molecular weight excluding hydrogens is 354 g/mol. The molecule has 0 aromatic heterocycles. The summed E-state index contributed by atoms with van der Waals surface area (Å²) < 4.78 is 5.78. The summed E-state index contributed by atoms with van der Waals surface area (Å²) in [6.45, 7) is 11.6. The van der Waals surface area contributed by atoms with Gasteiger partial charge in [-0.15, -0.1) is 5.92 Å². The Bertz CT molecular complexity index is 885. The quantitative estimate of drug-likeness (QED) is 0.347. The Labute approximate surface area is 177 Å². The smallest absolute Gasteiger partial charge is 0.0841 e. The van der Waals surface area contributed by atoms with Gasteiger partial charge in [0.2, 0.25) is 0 Å². The largest absolute Gasteiger partial charge is 0.375 e. The van der Waals surface area contributed by atoms with Gasteiger partial charge in [-0.25, -0.2) is 0 Å². The van der Waals surface area contributed by atoms with Gasteiger partial charge in [0.15, 0.2) is 0 Å². The molecule has 2 rings (SSSR count). The van der Waals surface area contributed by atoms with Crippen LogP contribution in [0.2, 0.25) is 0 Å². The van der Waals surface area contributed by atoms with Gasteiger partial charge in [-0.3, -0.25) is 0 Å². The molecule has 29 heavy (non-hydrogen) atoms. The minimum atomic E-state index is 0.289. The van der Waals surface area contributed by atoms with Crippen molar-refractivity contribution in [3.63, 3.8) is 0 Å². The molecule has 0 amide bonds. The maximum Gasteiger partial charge on any atom is 0.0841 e. The third-order valence-electron chi connectivity index (χ3n) is 5.37. The molecule has 0 saturated heterocycles. The van der Waals surface area contributed by atoms with Crippen molar-refractivity contribution in [3.8, 4) is 23.0 Å². The lowest BCUT2D eigenvalue weighted by atomic mass is 9.88. The van der Waals surface area contributed by atoms with Gasteiger partial charge in [0, 0.05) is 17.2 Å². The van der Waals surface area contributed by atoms with Crippen molar-refractivity contribution < 1.29 is 4.74 Å². The van der Waals surface area contributed by atoms with Crippen LogP contribution in [0.15, 0.2) is 36.4 Å². The second kappa shape index (κ2) is 11.6.